The van der Waals surface area contributed by atoms with Gasteiger partial charge >= 0.3 is 25.6 Å². The van der Waals surface area contributed by atoms with E-state index in [4.69, 9.17) is 55.6 Å². The van der Waals surface area contributed by atoms with E-state index >= 15 is 8.78 Å². The summed E-state index contributed by atoms with van der Waals surface area (Å²) in [5.74, 6) is -2.34. The van der Waals surface area contributed by atoms with Gasteiger partial charge in [-0.2, -0.15) is 0 Å². The molecule has 33 nitrogen and oxygen atoms in total. The first-order chi connectivity index (χ1) is 44.0. The van der Waals surface area contributed by atoms with Gasteiger partial charge in [0.15, 0.2) is 53.2 Å². The molecule has 4 unspecified atom stereocenters. The van der Waals surface area contributed by atoms with Gasteiger partial charge in [0.1, 0.15) is 61.3 Å². The molecule has 5 aromatic rings. The fourth-order valence-corrected chi connectivity index (χ4v) is 13.2. The summed E-state index contributed by atoms with van der Waals surface area (Å²) in [5.41, 5.74) is 12.6. The third-order valence-electron chi connectivity index (χ3n) is 15.0. The molecule has 4 aromatic heterocycles. The van der Waals surface area contributed by atoms with E-state index in [-0.39, 0.29) is 103 Å². The van der Waals surface area contributed by atoms with Gasteiger partial charge in [0.05, 0.1) is 25.9 Å². The Bertz CT molecular complexity index is 3620. The van der Waals surface area contributed by atoms with Gasteiger partial charge in [0, 0.05) is 50.4 Å². The number of benzene rings is 1. The topological polar surface area (TPSA) is 436 Å². The van der Waals surface area contributed by atoms with Gasteiger partial charge < -0.3 is 67.0 Å². The van der Waals surface area contributed by atoms with E-state index in [2.05, 4.69) is 74.1 Å². The number of nitrogens with one attached hydrogen (secondary N) is 6. The van der Waals surface area contributed by atoms with Crippen molar-refractivity contribution < 1.29 is 84.1 Å². The van der Waals surface area contributed by atoms with Crippen LogP contribution in [0, 0.1) is 5.92 Å². The number of alkyl carbamates (subject to hydrolysis) is 1. The first kappa shape index (κ1) is 68.9. The van der Waals surface area contributed by atoms with Crippen LogP contribution >= 0.6 is 25.8 Å². The number of imidazole rings is 2. The molecule has 11 N–H and O–H groups in total. The molecule has 92 heavy (non-hydrogen) atoms. The number of alkyl halides is 2. The van der Waals surface area contributed by atoms with E-state index in [9.17, 15) is 43.0 Å². The lowest BCUT2D eigenvalue weighted by Crippen LogP contribution is -2.54. The highest BCUT2D eigenvalue weighted by Crippen LogP contribution is 2.59. The predicted molar refractivity (Wildman–Crippen MR) is 328 cm³/mol. The van der Waals surface area contributed by atoms with Gasteiger partial charge in [0.2, 0.25) is 17.7 Å². The third-order valence-corrected chi connectivity index (χ3v) is 18.1. The van der Waals surface area contributed by atoms with Crippen molar-refractivity contribution >= 4 is 119 Å². The monoisotopic (exact) mass is 1360 g/mol. The fourth-order valence-electron chi connectivity index (χ4n) is 10.3. The molecule has 8 heterocycles. The van der Waals surface area contributed by atoms with Crippen LogP contribution in [0.5, 0.6) is 0 Å². The minimum absolute atomic E-state index is 0.0226. The maximum absolute atomic E-state index is 16.7. The second kappa shape index (κ2) is 31.0. The second-order valence-electron chi connectivity index (χ2n) is 21.9. The maximum Gasteiger partial charge on any atom is 0.407 e. The molecule has 0 spiro atoms. The summed E-state index contributed by atoms with van der Waals surface area (Å²) in [6.07, 6.45) is -3.96. The smallest absolute Gasteiger partial charge is 0.407 e. The van der Waals surface area contributed by atoms with Crippen LogP contribution in [0.2, 0.25) is 0 Å². The van der Waals surface area contributed by atoms with E-state index in [0.29, 0.717) is 49.8 Å². The number of aromatic nitrogens is 8. The van der Waals surface area contributed by atoms with Gasteiger partial charge in [-0.25, -0.2) is 52.8 Å². The zero-order valence-electron chi connectivity index (χ0n) is 49.5. The molecular formula is C53H69F2N17O16P2S2. The lowest BCUT2D eigenvalue weighted by Gasteiger charge is -2.29. The number of fused-ring (bicyclic) bond motifs is 4. The average Bonchev–Trinajstić information content (AvgIpc) is 1.69. The quantitative estimate of drug-likeness (QED) is 0.0164. The molecule has 0 radical (unpaired) electrons. The molecule has 8 amide bonds. The van der Waals surface area contributed by atoms with Crippen LogP contribution in [0.15, 0.2) is 61.7 Å². The van der Waals surface area contributed by atoms with Crippen LogP contribution in [0.25, 0.3) is 22.3 Å². The number of amides is 8. The van der Waals surface area contributed by atoms with Crippen molar-refractivity contribution in [3.63, 3.8) is 0 Å². The SMILES string of the molecule is CC(C)C(NC(=O)CCCCCN1C(=O)C=CC1=O)C(=O)N[C@@H](CCCCNC(N)=O)C(=O)Nc1ccc(COC(=O)NCCCNc2ncnc3c2ncn3[C@@H]2O[C@@H]3COP(O)(=S)O[C@@H]4C(COP(=O)(S)O[C@H]3[C@H]2F)O[C@@H](n2cnc3c(N)ncnc32)[C@@H]4F)cc1. The zero-order chi connectivity index (χ0) is 65.9. The number of primary amides is 1. The highest BCUT2D eigenvalue weighted by atomic mass is 32.7. The summed E-state index contributed by atoms with van der Waals surface area (Å²) >= 11 is 9.34. The van der Waals surface area contributed by atoms with Gasteiger partial charge in [-0.15, -0.1) is 0 Å². The molecule has 3 saturated heterocycles. The number of unbranched alkanes of at least 4 members (excludes halogenated alkanes) is 3. The Hall–Kier alpha value is -7.44. The minimum atomic E-state index is -4.52. The number of urea groups is 1. The molecule has 39 heteroatoms. The summed E-state index contributed by atoms with van der Waals surface area (Å²) < 4.78 is 89.0. The Morgan fingerprint density at radius 3 is 2.09 bits per heavy atom. The summed E-state index contributed by atoms with van der Waals surface area (Å²) in [6.45, 7) is -6.03. The molecule has 1 aromatic carbocycles. The molecule has 4 aliphatic heterocycles. The van der Waals surface area contributed by atoms with E-state index in [1.807, 2.05) is 0 Å². The number of imide groups is 1. The normalized spacial score (nSPS) is 25.5. The summed E-state index contributed by atoms with van der Waals surface area (Å²) in [5, 5.41) is 16.6. The number of carbonyl (C=O) groups excluding carboxylic acids is 7. The van der Waals surface area contributed by atoms with Crippen molar-refractivity contribution in [3.8, 4) is 0 Å². The average molecular weight is 1360 g/mol. The van der Waals surface area contributed by atoms with Crippen LogP contribution in [-0.2, 0) is 79.3 Å². The van der Waals surface area contributed by atoms with Crippen molar-refractivity contribution in [2.75, 3.05) is 55.8 Å². The molecule has 12 atom stereocenters. The molecule has 0 bridgehead atoms. The molecule has 0 saturated carbocycles. The van der Waals surface area contributed by atoms with E-state index in [1.165, 1.54) is 40.3 Å². The largest absolute Gasteiger partial charge is 0.445 e. The molecular weight excluding hydrogens is 1290 g/mol. The van der Waals surface area contributed by atoms with Crippen molar-refractivity contribution in [1.29, 1.82) is 0 Å². The number of nitrogen functional groups attached to an aromatic ring is 1. The lowest BCUT2D eigenvalue weighted by molar-refractivity contribution is -0.137. The fraction of sp³-hybridized carbons (Fsp3) is 0.528. The van der Waals surface area contributed by atoms with Crippen LogP contribution in [0.4, 0.5) is 35.7 Å². The Balaban J connectivity index is 0.719. The van der Waals surface area contributed by atoms with Crippen molar-refractivity contribution in [3.05, 3.63) is 67.3 Å². The predicted octanol–water partition coefficient (Wildman–Crippen LogP) is 3.41. The number of hydrogen-bond acceptors (Lipinski definition) is 24. The molecule has 0 aliphatic carbocycles. The number of ether oxygens (including phenoxy) is 3. The van der Waals surface area contributed by atoms with E-state index < -0.39 is 112 Å². The highest BCUT2D eigenvalue weighted by Gasteiger charge is 2.54. The van der Waals surface area contributed by atoms with Crippen LogP contribution in [0.1, 0.15) is 83.2 Å². The summed E-state index contributed by atoms with van der Waals surface area (Å²) in [7, 11) is 0. The number of nitrogens with zero attached hydrogens (tertiary/aromatic N) is 9. The summed E-state index contributed by atoms with van der Waals surface area (Å²) in [6, 6.07) is 3.72. The number of rotatable bonds is 26. The highest BCUT2D eigenvalue weighted by molar-refractivity contribution is 8.44. The number of hydrogen-bond donors (Lipinski definition) is 10. The van der Waals surface area contributed by atoms with Gasteiger partial charge in [-0.3, -0.25) is 51.6 Å². The van der Waals surface area contributed by atoms with Gasteiger partial charge in [0.25, 0.3) is 11.8 Å². The molecule has 9 rings (SSSR count). The number of carbonyl (C=O) groups is 7. The number of anilines is 3. The Labute approximate surface area is 533 Å². The lowest BCUT2D eigenvalue weighted by atomic mass is 10.0. The Morgan fingerprint density at radius 2 is 1.41 bits per heavy atom. The number of thiol groups is 1. The maximum atomic E-state index is 16.7. The van der Waals surface area contributed by atoms with E-state index in [0.717, 1.165) is 11.2 Å². The Kier molecular flexibility index (Phi) is 23.2. The van der Waals surface area contributed by atoms with Crippen molar-refractivity contribution in [2.24, 2.45) is 11.7 Å². The first-order valence-corrected chi connectivity index (χ1v) is 34.5. The van der Waals surface area contributed by atoms with Gasteiger partial charge in [-0.05, 0) is 73.9 Å². The second-order valence-corrected chi connectivity index (χ2v) is 27.6. The first-order valence-electron chi connectivity index (χ1n) is 29.2. The Morgan fingerprint density at radius 1 is 0.783 bits per heavy atom. The number of halogens is 2. The van der Waals surface area contributed by atoms with Crippen LogP contribution in [-0.4, -0.2) is 179 Å². The standard InChI is InChI=1S/C53H69F2N17O16P2S2/c1-28(2)39(69-34(73)10-4-3-7-20-70-35(74)15-16-36(70)75)49(77)68-31(9-5-6-17-59-52(57)78)48(76)67-30-13-11-29(12-14-30)21-82-53(79)60-19-8-18-58-45-41-47(64-25-62-45)72(27-66-41)51-38(55)43-33(86-51)23-84-89(80,91)87-42-32(22-83-90(81,92)88-43)85-50(37(42)54)71-26-65-40-44(56)61-24-63-46(40)71/h11-16,24-28,31-33,37-39,42-43,50-51H,3-10,17-23H2,1-2H3,(H,60,79)(H,67,76)(H,68,77)(H,69,73)(H,80,91)(H,81,92)(H2,56,61,63)(H3,57,59,78)(H,58,62,64)/t31-,32?,33+,37+,38+,39?,42+,43+,50+,51+,89?,90?/m0/s1. The van der Waals surface area contributed by atoms with Crippen LogP contribution in [0.3, 0.4) is 0 Å². The molecule has 498 valence electrons. The molecule has 4 aliphatic rings. The van der Waals surface area contributed by atoms with Gasteiger partial charge in [-0.1, -0.05) is 44.6 Å². The van der Waals surface area contributed by atoms with Crippen molar-refractivity contribution in [1.82, 2.24) is 65.2 Å². The van der Waals surface area contributed by atoms with Crippen LogP contribution < -0.4 is 43.4 Å². The number of nitrogens with two attached hydrogens (primary N) is 2. The van der Waals surface area contributed by atoms with E-state index in [1.54, 1.807) is 38.1 Å². The van der Waals surface area contributed by atoms with Crippen molar-refractivity contribution in [2.45, 2.75) is 133 Å². The zero-order valence-corrected chi connectivity index (χ0v) is 53.0. The minimum Gasteiger partial charge on any atom is -0.445 e. The molecule has 3 fully saturated rings. The summed E-state index contributed by atoms with van der Waals surface area (Å²) in [4.78, 5) is 125. The third kappa shape index (κ3) is 17.6.